The van der Waals surface area contributed by atoms with Gasteiger partial charge in [-0.1, -0.05) is 6.07 Å². The van der Waals surface area contributed by atoms with Gasteiger partial charge in [-0.25, -0.2) is 4.39 Å². The van der Waals surface area contributed by atoms with E-state index in [4.69, 9.17) is 5.11 Å². The molecule has 1 aliphatic heterocycles. The van der Waals surface area contributed by atoms with Crippen LogP contribution in [0.3, 0.4) is 0 Å². The molecular formula is C13H18FNO. The summed E-state index contributed by atoms with van der Waals surface area (Å²) in [6.07, 6.45) is 2.88. The van der Waals surface area contributed by atoms with Gasteiger partial charge in [0.25, 0.3) is 0 Å². The molecule has 0 spiro atoms. The number of unbranched alkanes of at least 4 members (excludes halogenated alkanes) is 1. The highest BCUT2D eigenvalue weighted by Crippen LogP contribution is 2.20. The van der Waals surface area contributed by atoms with Gasteiger partial charge in [0, 0.05) is 19.7 Å². The van der Waals surface area contributed by atoms with Crippen LogP contribution in [0.15, 0.2) is 18.2 Å². The molecule has 1 heterocycles. The van der Waals surface area contributed by atoms with Crippen molar-refractivity contribution in [2.45, 2.75) is 25.8 Å². The molecule has 0 unspecified atom stereocenters. The average molecular weight is 223 g/mol. The Balaban J connectivity index is 1.94. The second-order valence-electron chi connectivity index (χ2n) is 4.37. The fourth-order valence-electron chi connectivity index (χ4n) is 2.22. The van der Waals surface area contributed by atoms with E-state index in [1.807, 2.05) is 6.07 Å². The molecule has 1 aliphatic rings. The molecule has 1 aromatic carbocycles. The summed E-state index contributed by atoms with van der Waals surface area (Å²) in [6, 6.07) is 5.09. The minimum absolute atomic E-state index is 0.143. The first-order chi connectivity index (χ1) is 7.79. The molecule has 0 saturated heterocycles. The number of rotatable bonds is 4. The third-order valence-electron chi connectivity index (χ3n) is 3.14. The number of aliphatic hydroxyl groups excluding tert-OH is 1. The molecule has 0 amide bonds. The fraction of sp³-hybridized carbons (Fsp3) is 0.538. The van der Waals surface area contributed by atoms with Gasteiger partial charge in [-0.05, 0) is 49.1 Å². The second-order valence-corrected chi connectivity index (χ2v) is 4.37. The van der Waals surface area contributed by atoms with E-state index in [-0.39, 0.29) is 12.4 Å². The van der Waals surface area contributed by atoms with E-state index in [1.54, 1.807) is 12.1 Å². The molecular weight excluding hydrogens is 205 g/mol. The van der Waals surface area contributed by atoms with Crippen molar-refractivity contribution in [3.8, 4) is 0 Å². The molecule has 0 bridgehead atoms. The number of hydrogen-bond acceptors (Lipinski definition) is 2. The van der Waals surface area contributed by atoms with Crippen LogP contribution >= 0.6 is 0 Å². The van der Waals surface area contributed by atoms with Crippen LogP contribution in [-0.2, 0) is 13.0 Å². The zero-order valence-corrected chi connectivity index (χ0v) is 9.45. The van der Waals surface area contributed by atoms with Crippen molar-refractivity contribution < 1.29 is 9.50 Å². The largest absolute Gasteiger partial charge is 0.396 e. The van der Waals surface area contributed by atoms with Crippen LogP contribution in [0, 0.1) is 5.82 Å². The summed E-state index contributed by atoms with van der Waals surface area (Å²) in [5, 5.41) is 8.72. The molecule has 0 atom stereocenters. The van der Waals surface area contributed by atoms with Crippen molar-refractivity contribution in [2.75, 3.05) is 19.7 Å². The summed E-state index contributed by atoms with van der Waals surface area (Å²) in [5.41, 5.74) is 2.40. The van der Waals surface area contributed by atoms with Gasteiger partial charge < -0.3 is 5.11 Å². The summed E-state index contributed by atoms with van der Waals surface area (Å²) in [4.78, 5) is 2.33. The van der Waals surface area contributed by atoms with Crippen LogP contribution in [0.5, 0.6) is 0 Å². The molecule has 1 aromatic rings. The molecule has 2 rings (SSSR count). The van der Waals surface area contributed by atoms with Crippen molar-refractivity contribution in [2.24, 2.45) is 0 Å². The molecule has 0 saturated carbocycles. The molecule has 2 nitrogen and oxygen atoms in total. The summed E-state index contributed by atoms with van der Waals surface area (Å²) in [7, 11) is 0. The second kappa shape index (κ2) is 5.41. The zero-order valence-electron chi connectivity index (χ0n) is 9.45. The maximum absolute atomic E-state index is 13.1. The highest BCUT2D eigenvalue weighted by molar-refractivity contribution is 5.29. The van der Waals surface area contributed by atoms with Crippen LogP contribution in [0.4, 0.5) is 4.39 Å². The number of aliphatic hydroxyl groups is 1. The van der Waals surface area contributed by atoms with Gasteiger partial charge in [0.1, 0.15) is 5.82 Å². The Bertz CT molecular complexity index is 354. The van der Waals surface area contributed by atoms with Crippen molar-refractivity contribution in [1.82, 2.24) is 4.90 Å². The normalized spacial score (nSPS) is 16.1. The summed E-state index contributed by atoms with van der Waals surface area (Å²) in [6.45, 7) is 3.15. The lowest BCUT2D eigenvalue weighted by Crippen LogP contribution is -2.31. The predicted octanol–water partition coefficient (Wildman–Crippen LogP) is 1.96. The van der Waals surface area contributed by atoms with Crippen LogP contribution in [0.2, 0.25) is 0 Å². The van der Waals surface area contributed by atoms with Gasteiger partial charge in [-0.3, -0.25) is 4.90 Å². The van der Waals surface area contributed by atoms with E-state index in [2.05, 4.69) is 4.90 Å². The van der Waals surface area contributed by atoms with Crippen molar-refractivity contribution in [3.63, 3.8) is 0 Å². The highest BCUT2D eigenvalue weighted by atomic mass is 19.1. The third-order valence-corrected chi connectivity index (χ3v) is 3.14. The van der Waals surface area contributed by atoms with Crippen LogP contribution in [0.25, 0.3) is 0 Å². The third kappa shape index (κ3) is 2.80. The topological polar surface area (TPSA) is 23.5 Å². The minimum Gasteiger partial charge on any atom is -0.396 e. The Morgan fingerprint density at radius 1 is 1.25 bits per heavy atom. The molecule has 0 aromatic heterocycles. The maximum atomic E-state index is 13.1. The quantitative estimate of drug-likeness (QED) is 0.789. The Labute approximate surface area is 95.7 Å². The molecule has 88 valence electrons. The van der Waals surface area contributed by atoms with E-state index < -0.39 is 0 Å². The van der Waals surface area contributed by atoms with Gasteiger partial charge >= 0.3 is 0 Å². The lowest BCUT2D eigenvalue weighted by atomic mass is 9.99. The smallest absolute Gasteiger partial charge is 0.123 e. The van der Waals surface area contributed by atoms with E-state index in [1.165, 1.54) is 5.56 Å². The molecule has 0 aliphatic carbocycles. The Kier molecular flexibility index (Phi) is 3.91. The number of nitrogens with zero attached hydrogens (tertiary/aromatic N) is 1. The van der Waals surface area contributed by atoms with Crippen LogP contribution in [0.1, 0.15) is 24.0 Å². The highest BCUT2D eigenvalue weighted by Gasteiger charge is 2.15. The summed E-state index contributed by atoms with van der Waals surface area (Å²) < 4.78 is 13.1. The van der Waals surface area contributed by atoms with Gasteiger partial charge in [0.05, 0.1) is 0 Å². The van der Waals surface area contributed by atoms with E-state index >= 15 is 0 Å². The lowest BCUT2D eigenvalue weighted by Gasteiger charge is -2.28. The SMILES string of the molecule is OCCCCN1CCc2ccc(F)cc2C1. The van der Waals surface area contributed by atoms with E-state index in [0.29, 0.717) is 0 Å². The van der Waals surface area contributed by atoms with Crippen molar-refractivity contribution in [3.05, 3.63) is 35.1 Å². The van der Waals surface area contributed by atoms with Gasteiger partial charge in [-0.15, -0.1) is 0 Å². The predicted molar refractivity (Wildman–Crippen MR) is 61.7 cm³/mol. The number of halogens is 1. The first kappa shape index (κ1) is 11.6. The van der Waals surface area contributed by atoms with Gasteiger partial charge in [-0.2, -0.15) is 0 Å². The Morgan fingerprint density at radius 2 is 2.12 bits per heavy atom. The molecule has 0 radical (unpaired) electrons. The zero-order chi connectivity index (χ0) is 11.4. The summed E-state index contributed by atoms with van der Waals surface area (Å²) in [5.74, 6) is -0.143. The molecule has 16 heavy (non-hydrogen) atoms. The van der Waals surface area contributed by atoms with E-state index in [9.17, 15) is 4.39 Å². The van der Waals surface area contributed by atoms with E-state index in [0.717, 1.165) is 44.5 Å². The number of benzene rings is 1. The first-order valence-electron chi connectivity index (χ1n) is 5.90. The minimum atomic E-state index is -0.143. The monoisotopic (exact) mass is 223 g/mol. The lowest BCUT2D eigenvalue weighted by molar-refractivity contribution is 0.229. The number of hydrogen-bond donors (Lipinski definition) is 1. The summed E-state index contributed by atoms with van der Waals surface area (Å²) >= 11 is 0. The van der Waals surface area contributed by atoms with Crippen LogP contribution < -0.4 is 0 Å². The Hall–Kier alpha value is -0.930. The average Bonchev–Trinajstić information content (AvgIpc) is 2.29. The standard InChI is InChI=1S/C13H18FNO/c14-13-4-3-11-5-7-15(6-1-2-8-16)10-12(11)9-13/h3-4,9,16H,1-2,5-8,10H2. The number of fused-ring (bicyclic) bond motifs is 1. The molecule has 1 N–H and O–H groups in total. The Morgan fingerprint density at radius 3 is 2.94 bits per heavy atom. The molecule has 0 fully saturated rings. The van der Waals surface area contributed by atoms with Crippen molar-refractivity contribution in [1.29, 1.82) is 0 Å². The molecule has 3 heteroatoms. The van der Waals surface area contributed by atoms with Gasteiger partial charge in [0.15, 0.2) is 0 Å². The van der Waals surface area contributed by atoms with Gasteiger partial charge in [0.2, 0.25) is 0 Å². The first-order valence-corrected chi connectivity index (χ1v) is 5.90. The van der Waals surface area contributed by atoms with Crippen molar-refractivity contribution >= 4 is 0 Å². The fourth-order valence-corrected chi connectivity index (χ4v) is 2.22. The van der Waals surface area contributed by atoms with Crippen LogP contribution in [-0.4, -0.2) is 29.7 Å². The maximum Gasteiger partial charge on any atom is 0.123 e.